The van der Waals surface area contributed by atoms with Gasteiger partial charge in [0.05, 0.1) is 12.1 Å². The minimum Gasteiger partial charge on any atom is -0.478 e. The Hall–Kier alpha value is -2.37. The van der Waals surface area contributed by atoms with Gasteiger partial charge in [0.25, 0.3) is 5.91 Å². The van der Waals surface area contributed by atoms with E-state index in [9.17, 15) is 14.4 Å². The van der Waals surface area contributed by atoms with E-state index in [2.05, 4.69) is 5.32 Å². The number of urea groups is 1. The van der Waals surface area contributed by atoms with E-state index in [-0.39, 0.29) is 30.0 Å². The molecule has 1 aliphatic heterocycles. The number of carbonyl (C=O) groups excluding carboxylic acids is 2. The number of nitrogens with one attached hydrogen (secondary N) is 1. The third kappa shape index (κ3) is 2.58. The van der Waals surface area contributed by atoms with Crippen LogP contribution in [0.3, 0.4) is 0 Å². The molecule has 2 N–H and O–H groups in total. The van der Waals surface area contributed by atoms with E-state index >= 15 is 0 Å². The Balaban J connectivity index is 1.84. The average molecular weight is 316 g/mol. The van der Waals surface area contributed by atoms with Crippen molar-refractivity contribution in [1.82, 2.24) is 10.2 Å². The Morgan fingerprint density at radius 3 is 2.87 bits per heavy atom. The van der Waals surface area contributed by atoms with E-state index < -0.39 is 11.5 Å². The molecule has 0 aromatic heterocycles. The SMILES string of the molecule is CC1CCCCC12NC(=O)N(Cc1cccc(C(=O)O)c1)C2=O. The van der Waals surface area contributed by atoms with Crippen molar-refractivity contribution >= 4 is 17.9 Å². The highest BCUT2D eigenvalue weighted by Gasteiger charge is 2.54. The summed E-state index contributed by atoms with van der Waals surface area (Å²) in [5, 5.41) is 11.9. The topological polar surface area (TPSA) is 86.7 Å². The zero-order chi connectivity index (χ0) is 16.6. The largest absolute Gasteiger partial charge is 0.478 e. The molecule has 23 heavy (non-hydrogen) atoms. The van der Waals surface area contributed by atoms with Crippen molar-refractivity contribution in [2.75, 3.05) is 0 Å². The lowest BCUT2D eigenvalue weighted by Crippen LogP contribution is -2.53. The lowest BCUT2D eigenvalue weighted by Gasteiger charge is -2.36. The number of benzene rings is 1. The third-order valence-electron chi connectivity index (χ3n) is 5.02. The van der Waals surface area contributed by atoms with Crippen LogP contribution in [0.25, 0.3) is 0 Å². The summed E-state index contributed by atoms with van der Waals surface area (Å²) >= 11 is 0. The number of hydrogen-bond donors (Lipinski definition) is 2. The van der Waals surface area contributed by atoms with E-state index in [0.717, 1.165) is 19.3 Å². The second-order valence-electron chi connectivity index (χ2n) is 6.45. The van der Waals surface area contributed by atoms with Crippen LogP contribution in [0, 0.1) is 5.92 Å². The Morgan fingerprint density at radius 2 is 2.17 bits per heavy atom. The van der Waals surface area contributed by atoms with Gasteiger partial charge in [-0.15, -0.1) is 0 Å². The maximum absolute atomic E-state index is 12.9. The number of nitrogens with zero attached hydrogens (tertiary/aromatic N) is 1. The number of carboxylic acids is 1. The van der Waals surface area contributed by atoms with Crippen molar-refractivity contribution < 1.29 is 19.5 Å². The summed E-state index contributed by atoms with van der Waals surface area (Å²) < 4.78 is 0. The summed E-state index contributed by atoms with van der Waals surface area (Å²) in [5.41, 5.74) is 0.00365. The molecule has 3 amide bonds. The molecule has 3 rings (SSSR count). The summed E-state index contributed by atoms with van der Waals surface area (Å²) in [7, 11) is 0. The van der Waals surface area contributed by atoms with Crippen LogP contribution >= 0.6 is 0 Å². The zero-order valence-electron chi connectivity index (χ0n) is 13.0. The molecule has 0 bridgehead atoms. The summed E-state index contributed by atoms with van der Waals surface area (Å²) in [6.45, 7) is 2.10. The van der Waals surface area contributed by atoms with E-state index in [1.807, 2.05) is 6.92 Å². The van der Waals surface area contributed by atoms with Gasteiger partial charge in [-0.2, -0.15) is 0 Å². The molecule has 1 aromatic rings. The molecule has 2 unspecified atom stereocenters. The highest BCUT2D eigenvalue weighted by atomic mass is 16.4. The summed E-state index contributed by atoms with van der Waals surface area (Å²) in [5.74, 6) is -1.10. The first-order chi connectivity index (χ1) is 10.9. The Morgan fingerprint density at radius 1 is 1.39 bits per heavy atom. The highest BCUT2D eigenvalue weighted by molar-refractivity contribution is 6.07. The first kappa shape index (κ1) is 15.5. The summed E-state index contributed by atoms with van der Waals surface area (Å²) in [6.07, 6.45) is 3.60. The summed E-state index contributed by atoms with van der Waals surface area (Å²) in [4.78, 5) is 37.4. The van der Waals surface area contributed by atoms with Gasteiger partial charge in [-0.25, -0.2) is 9.59 Å². The van der Waals surface area contributed by atoms with Gasteiger partial charge in [0, 0.05) is 0 Å². The van der Waals surface area contributed by atoms with Crippen LogP contribution in [0.4, 0.5) is 4.79 Å². The first-order valence-corrected chi connectivity index (χ1v) is 7.90. The molecule has 1 aliphatic carbocycles. The van der Waals surface area contributed by atoms with Gasteiger partial charge >= 0.3 is 12.0 Å². The van der Waals surface area contributed by atoms with Crippen LogP contribution in [0.2, 0.25) is 0 Å². The quantitative estimate of drug-likeness (QED) is 0.838. The van der Waals surface area contributed by atoms with Crippen molar-refractivity contribution in [2.45, 2.75) is 44.7 Å². The molecular weight excluding hydrogens is 296 g/mol. The van der Waals surface area contributed by atoms with E-state index in [0.29, 0.717) is 12.0 Å². The monoisotopic (exact) mass is 316 g/mol. The number of amides is 3. The number of hydrogen-bond acceptors (Lipinski definition) is 3. The molecule has 0 radical (unpaired) electrons. The van der Waals surface area contributed by atoms with Gasteiger partial charge in [-0.05, 0) is 36.5 Å². The number of carbonyl (C=O) groups is 3. The standard InChI is InChI=1S/C17H20N2O4/c1-11-5-2-3-8-17(11)15(22)19(16(23)18-17)10-12-6-4-7-13(9-12)14(20)21/h4,6-7,9,11H,2-3,5,8,10H2,1H3,(H,18,23)(H,20,21). The normalized spacial score (nSPS) is 27.3. The minimum absolute atomic E-state index is 0.0975. The molecule has 2 aliphatic rings. The second kappa shape index (κ2) is 5.68. The fourth-order valence-corrected chi connectivity index (χ4v) is 3.62. The fraction of sp³-hybridized carbons (Fsp3) is 0.471. The fourth-order valence-electron chi connectivity index (χ4n) is 3.62. The molecule has 1 spiro atoms. The van der Waals surface area contributed by atoms with E-state index in [1.54, 1.807) is 12.1 Å². The van der Waals surface area contributed by atoms with Gasteiger partial charge in [-0.3, -0.25) is 9.69 Å². The van der Waals surface area contributed by atoms with Crippen molar-refractivity contribution in [1.29, 1.82) is 0 Å². The number of carboxylic acid groups (broad SMARTS) is 1. The van der Waals surface area contributed by atoms with Gasteiger partial charge < -0.3 is 10.4 Å². The molecule has 2 fully saturated rings. The van der Waals surface area contributed by atoms with Crippen molar-refractivity contribution in [3.05, 3.63) is 35.4 Å². The number of aromatic carboxylic acids is 1. The van der Waals surface area contributed by atoms with Gasteiger partial charge in [0.2, 0.25) is 0 Å². The molecule has 1 aromatic carbocycles. The zero-order valence-corrected chi connectivity index (χ0v) is 13.0. The third-order valence-corrected chi connectivity index (χ3v) is 5.02. The Bertz CT molecular complexity index is 672. The summed E-state index contributed by atoms with van der Waals surface area (Å²) in [6, 6.07) is 5.95. The van der Waals surface area contributed by atoms with Crippen LogP contribution in [0.1, 0.15) is 48.5 Å². The van der Waals surface area contributed by atoms with Crippen LogP contribution < -0.4 is 5.32 Å². The van der Waals surface area contributed by atoms with Crippen molar-refractivity contribution in [3.8, 4) is 0 Å². The number of rotatable bonds is 3. The maximum atomic E-state index is 12.9. The van der Waals surface area contributed by atoms with Crippen LogP contribution in [0.5, 0.6) is 0 Å². The highest BCUT2D eigenvalue weighted by Crippen LogP contribution is 2.38. The lowest BCUT2D eigenvalue weighted by atomic mass is 9.73. The van der Waals surface area contributed by atoms with E-state index in [1.165, 1.54) is 17.0 Å². The van der Waals surface area contributed by atoms with Gasteiger partial charge in [0.15, 0.2) is 0 Å². The first-order valence-electron chi connectivity index (χ1n) is 7.90. The molecule has 1 saturated carbocycles. The number of imide groups is 1. The maximum Gasteiger partial charge on any atom is 0.335 e. The van der Waals surface area contributed by atoms with Crippen molar-refractivity contribution in [2.24, 2.45) is 5.92 Å². The molecule has 6 nitrogen and oxygen atoms in total. The predicted molar refractivity (Wildman–Crippen MR) is 82.8 cm³/mol. The molecular formula is C17H20N2O4. The smallest absolute Gasteiger partial charge is 0.335 e. The molecule has 1 saturated heterocycles. The molecule has 2 atom stereocenters. The molecule has 6 heteroatoms. The second-order valence-corrected chi connectivity index (χ2v) is 6.45. The van der Waals surface area contributed by atoms with Crippen LogP contribution in [-0.2, 0) is 11.3 Å². The van der Waals surface area contributed by atoms with E-state index in [4.69, 9.17) is 5.11 Å². The van der Waals surface area contributed by atoms with Gasteiger partial charge in [-0.1, -0.05) is 31.9 Å². The predicted octanol–water partition coefficient (Wildman–Crippen LogP) is 2.39. The minimum atomic E-state index is -1.03. The Kier molecular flexibility index (Phi) is 3.83. The average Bonchev–Trinajstić information content (AvgIpc) is 2.76. The van der Waals surface area contributed by atoms with Crippen LogP contribution in [0.15, 0.2) is 24.3 Å². The Labute approximate surface area is 134 Å². The van der Waals surface area contributed by atoms with Gasteiger partial charge in [0.1, 0.15) is 5.54 Å². The van der Waals surface area contributed by atoms with Crippen molar-refractivity contribution in [3.63, 3.8) is 0 Å². The van der Waals surface area contributed by atoms with Crippen LogP contribution in [-0.4, -0.2) is 33.5 Å². The lowest BCUT2D eigenvalue weighted by molar-refractivity contribution is -0.134. The molecule has 122 valence electrons. The molecule has 1 heterocycles.